The summed E-state index contributed by atoms with van der Waals surface area (Å²) in [5.41, 5.74) is -0.920. The predicted molar refractivity (Wildman–Crippen MR) is 132 cm³/mol. The van der Waals surface area contributed by atoms with E-state index in [4.69, 9.17) is 4.74 Å². The monoisotopic (exact) mass is 523 g/mol. The Kier molecular flexibility index (Phi) is 6.79. The first-order valence-corrected chi connectivity index (χ1v) is 12.1. The van der Waals surface area contributed by atoms with E-state index in [-0.39, 0.29) is 35.7 Å². The van der Waals surface area contributed by atoms with Gasteiger partial charge in [0.25, 0.3) is 11.8 Å². The molecule has 3 aromatic rings. The van der Waals surface area contributed by atoms with Crippen molar-refractivity contribution in [3.8, 4) is 5.75 Å². The molecule has 1 aromatic heterocycles. The molecule has 2 unspecified atom stereocenters. The topological polar surface area (TPSA) is 80.6 Å². The second-order valence-electron chi connectivity index (χ2n) is 9.28. The van der Waals surface area contributed by atoms with Crippen molar-refractivity contribution in [3.05, 3.63) is 111 Å². The van der Waals surface area contributed by atoms with Gasteiger partial charge in [0, 0.05) is 43.0 Å². The molecule has 196 valence electrons. The fourth-order valence-corrected chi connectivity index (χ4v) is 4.74. The van der Waals surface area contributed by atoms with Crippen molar-refractivity contribution in [1.82, 2.24) is 14.8 Å². The predicted octanol–water partition coefficient (Wildman–Crippen LogP) is 4.12. The fraction of sp³-hybridized carbons (Fsp3) is 0.250. The van der Waals surface area contributed by atoms with E-state index in [1.807, 2.05) is 25.1 Å². The zero-order valence-corrected chi connectivity index (χ0v) is 20.4. The molecular formula is C28H24F3N3O4. The number of allylic oxidation sites excluding steroid dienone is 1. The van der Waals surface area contributed by atoms with Crippen LogP contribution in [-0.2, 0) is 13.2 Å². The Hall–Kier alpha value is -4.34. The van der Waals surface area contributed by atoms with Gasteiger partial charge in [-0.3, -0.25) is 14.4 Å². The summed E-state index contributed by atoms with van der Waals surface area (Å²) < 4.78 is 48.9. The van der Waals surface area contributed by atoms with Gasteiger partial charge in [-0.15, -0.1) is 0 Å². The van der Waals surface area contributed by atoms with Gasteiger partial charge in [-0.25, -0.2) is 13.2 Å². The third kappa shape index (κ3) is 4.69. The van der Waals surface area contributed by atoms with Crippen LogP contribution in [0.25, 0.3) is 0 Å². The molecule has 2 amide bonds. The summed E-state index contributed by atoms with van der Waals surface area (Å²) in [4.78, 5) is 41.8. The number of fused-ring (bicyclic) bond motifs is 4. The Bertz CT molecular complexity index is 1480. The molecular weight excluding hydrogens is 499 g/mol. The second-order valence-corrected chi connectivity index (χ2v) is 9.28. The van der Waals surface area contributed by atoms with Crippen LogP contribution in [0.5, 0.6) is 5.75 Å². The molecule has 3 heterocycles. The van der Waals surface area contributed by atoms with Gasteiger partial charge in [0.1, 0.15) is 29.6 Å². The van der Waals surface area contributed by atoms with Crippen LogP contribution in [0.2, 0.25) is 0 Å². The summed E-state index contributed by atoms with van der Waals surface area (Å²) in [7, 11) is 0. The van der Waals surface area contributed by atoms with E-state index < -0.39 is 46.8 Å². The lowest BCUT2D eigenvalue weighted by atomic mass is 10.1. The van der Waals surface area contributed by atoms with Gasteiger partial charge >= 0.3 is 0 Å². The third-order valence-corrected chi connectivity index (χ3v) is 6.77. The summed E-state index contributed by atoms with van der Waals surface area (Å²) >= 11 is 0. The molecule has 0 saturated carbocycles. The van der Waals surface area contributed by atoms with Gasteiger partial charge in [0.2, 0.25) is 5.43 Å². The molecule has 5 rings (SSSR count). The highest BCUT2D eigenvalue weighted by Gasteiger charge is 2.38. The van der Waals surface area contributed by atoms with Crippen LogP contribution >= 0.6 is 0 Å². The van der Waals surface area contributed by atoms with E-state index in [0.717, 1.165) is 5.56 Å². The number of amides is 2. The van der Waals surface area contributed by atoms with Crippen LogP contribution in [0.1, 0.15) is 51.4 Å². The molecule has 0 fully saturated rings. The Morgan fingerprint density at radius 1 is 1.11 bits per heavy atom. The standard InChI is InChI=1S/C28H24F3N3O4/c1-16-6-5-9-19-13-33(16)28(37)24-26(38-15-17-7-3-2-4-8-17)25(35)21(14-34(19)24)27(36)32-12-20-22(30)10-18(29)11-23(20)31/h2-8,10-11,14,16,19H,9,12-13,15H2,1H3,(H,32,36). The van der Waals surface area contributed by atoms with E-state index in [9.17, 15) is 27.6 Å². The van der Waals surface area contributed by atoms with Crippen LogP contribution in [0, 0.1) is 17.5 Å². The SMILES string of the molecule is CC1C=CCC2CN1C(=O)c1c(OCc3ccccc3)c(=O)c(C(=O)NCc3c(F)cc(F)cc3F)cn12. The Labute approximate surface area is 216 Å². The lowest BCUT2D eigenvalue weighted by Gasteiger charge is -2.37. The van der Waals surface area contributed by atoms with Crippen LogP contribution in [-0.4, -0.2) is 33.9 Å². The Morgan fingerprint density at radius 3 is 2.53 bits per heavy atom. The van der Waals surface area contributed by atoms with Gasteiger partial charge in [-0.05, 0) is 18.9 Å². The maximum atomic E-state index is 14.1. The van der Waals surface area contributed by atoms with Gasteiger partial charge < -0.3 is 19.5 Å². The molecule has 0 radical (unpaired) electrons. The van der Waals surface area contributed by atoms with E-state index in [2.05, 4.69) is 5.32 Å². The van der Waals surface area contributed by atoms with E-state index in [1.165, 1.54) is 6.20 Å². The quantitative estimate of drug-likeness (QED) is 0.493. The first-order valence-electron chi connectivity index (χ1n) is 12.1. The maximum Gasteiger partial charge on any atom is 0.275 e. The number of aromatic nitrogens is 1. The highest BCUT2D eigenvalue weighted by atomic mass is 19.1. The average molecular weight is 524 g/mol. The number of ether oxygens (including phenoxy) is 1. The van der Waals surface area contributed by atoms with Crippen LogP contribution < -0.4 is 15.5 Å². The molecule has 0 saturated heterocycles. The largest absolute Gasteiger partial charge is 0.483 e. The molecule has 1 N–H and O–H groups in total. The zero-order chi connectivity index (χ0) is 27.0. The average Bonchev–Trinajstić information content (AvgIpc) is 3.06. The normalized spacial score (nSPS) is 18.1. The van der Waals surface area contributed by atoms with Crippen LogP contribution in [0.4, 0.5) is 13.2 Å². The Morgan fingerprint density at radius 2 is 1.82 bits per heavy atom. The zero-order valence-electron chi connectivity index (χ0n) is 20.4. The van der Waals surface area contributed by atoms with Gasteiger partial charge in [0.05, 0.1) is 6.04 Å². The van der Waals surface area contributed by atoms with Crippen LogP contribution in [0.3, 0.4) is 0 Å². The molecule has 2 atom stereocenters. The van der Waals surface area contributed by atoms with Crippen molar-refractivity contribution in [2.45, 2.75) is 38.6 Å². The van der Waals surface area contributed by atoms with E-state index >= 15 is 0 Å². The van der Waals surface area contributed by atoms with Crippen molar-refractivity contribution in [3.63, 3.8) is 0 Å². The first kappa shape index (κ1) is 25.3. The highest BCUT2D eigenvalue weighted by molar-refractivity contribution is 5.99. The number of hydrogen-bond acceptors (Lipinski definition) is 4. The number of pyridine rings is 1. The minimum atomic E-state index is -1.16. The number of nitrogens with one attached hydrogen (secondary N) is 1. The third-order valence-electron chi connectivity index (χ3n) is 6.77. The molecule has 38 heavy (non-hydrogen) atoms. The number of nitrogens with zero attached hydrogens (tertiary/aromatic N) is 2. The minimum absolute atomic E-state index is 0.0219. The fourth-order valence-electron chi connectivity index (χ4n) is 4.74. The summed E-state index contributed by atoms with van der Waals surface area (Å²) in [6.45, 7) is 1.61. The van der Waals surface area contributed by atoms with Crippen molar-refractivity contribution >= 4 is 11.8 Å². The minimum Gasteiger partial charge on any atom is -0.483 e. The molecule has 10 heteroatoms. The molecule has 0 aliphatic carbocycles. The second kappa shape index (κ2) is 10.2. The molecule has 7 nitrogen and oxygen atoms in total. The highest BCUT2D eigenvalue weighted by Crippen LogP contribution is 2.32. The number of carbonyl (C=O) groups excluding carboxylic acids is 2. The molecule has 2 bridgehead atoms. The van der Waals surface area contributed by atoms with E-state index in [0.29, 0.717) is 25.1 Å². The molecule has 2 aromatic carbocycles. The summed E-state index contributed by atoms with van der Waals surface area (Å²) in [6.07, 6.45) is 5.70. The number of benzene rings is 2. The summed E-state index contributed by atoms with van der Waals surface area (Å²) in [6, 6.07) is 9.58. The number of carbonyl (C=O) groups is 2. The summed E-state index contributed by atoms with van der Waals surface area (Å²) in [5.74, 6) is -5.00. The lowest BCUT2D eigenvalue weighted by Crippen LogP contribution is -2.47. The van der Waals surface area contributed by atoms with Crippen molar-refractivity contribution in [2.24, 2.45) is 0 Å². The summed E-state index contributed by atoms with van der Waals surface area (Å²) in [5, 5.41) is 2.33. The Balaban J connectivity index is 1.54. The smallest absolute Gasteiger partial charge is 0.275 e. The van der Waals surface area contributed by atoms with Crippen molar-refractivity contribution < 1.29 is 27.5 Å². The van der Waals surface area contributed by atoms with Gasteiger partial charge in [-0.2, -0.15) is 0 Å². The number of halogens is 3. The first-order chi connectivity index (χ1) is 18.2. The maximum absolute atomic E-state index is 14.1. The van der Waals surface area contributed by atoms with Crippen molar-refractivity contribution in [2.75, 3.05) is 6.54 Å². The number of hydrogen-bond donors (Lipinski definition) is 1. The van der Waals surface area contributed by atoms with E-state index in [1.54, 1.807) is 33.7 Å². The van der Waals surface area contributed by atoms with Gasteiger partial charge in [0.15, 0.2) is 11.4 Å². The van der Waals surface area contributed by atoms with Crippen molar-refractivity contribution in [1.29, 1.82) is 0 Å². The van der Waals surface area contributed by atoms with Gasteiger partial charge in [-0.1, -0.05) is 42.5 Å². The molecule has 2 aliphatic rings. The van der Waals surface area contributed by atoms with Crippen LogP contribution in [0.15, 0.2) is 65.6 Å². The molecule has 2 aliphatic heterocycles. The number of rotatable bonds is 6. The lowest BCUT2D eigenvalue weighted by molar-refractivity contribution is 0.0626. The molecule has 0 spiro atoms.